The number of nitrogens with zero attached hydrogens (tertiary/aromatic N) is 1. The molecule has 0 atom stereocenters. The SMILES string of the molecule is CC(C)N(C)CC1CCCCC1. The van der Waals surface area contributed by atoms with Gasteiger partial charge in [-0.3, -0.25) is 0 Å². The van der Waals surface area contributed by atoms with Gasteiger partial charge in [-0.25, -0.2) is 0 Å². The van der Waals surface area contributed by atoms with Gasteiger partial charge in [0, 0.05) is 12.6 Å². The molecule has 0 aliphatic heterocycles. The van der Waals surface area contributed by atoms with Gasteiger partial charge in [-0.2, -0.15) is 0 Å². The predicted octanol–water partition coefficient (Wildman–Crippen LogP) is 2.91. The van der Waals surface area contributed by atoms with E-state index >= 15 is 0 Å². The van der Waals surface area contributed by atoms with Gasteiger partial charge in [-0.15, -0.1) is 0 Å². The van der Waals surface area contributed by atoms with E-state index in [-0.39, 0.29) is 0 Å². The van der Waals surface area contributed by atoms with Gasteiger partial charge >= 0.3 is 0 Å². The molecule has 1 fully saturated rings. The van der Waals surface area contributed by atoms with E-state index in [2.05, 4.69) is 25.8 Å². The van der Waals surface area contributed by atoms with Crippen LogP contribution in [0.25, 0.3) is 0 Å². The second-order valence-electron chi connectivity index (χ2n) is 4.54. The molecule has 1 heteroatoms. The summed E-state index contributed by atoms with van der Waals surface area (Å²) in [5.74, 6) is 0.992. The van der Waals surface area contributed by atoms with Crippen LogP contribution < -0.4 is 0 Å². The molecule has 1 rings (SSSR count). The second-order valence-corrected chi connectivity index (χ2v) is 4.54. The molecule has 0 bridgehead atoms. The number of hydrogen-bond donors (Lipinski definition) is 0. The Labute approximate surface area is 77.1 Å². The summed E-state index contributed by atoms with van der Waals surface area (Å²) in [6, 6.07) is 0.715. The van der Waals surface area contributed by atoms with Gasteiger partial charge in [-0.05, 0) is 39.7 Å². The van der Waals surface area contributed by atoms with Gasteiger partial charge in [-0.1, -0.05) is 19.3 Å². The van der Waals surface area contributed by atoms with Crippen LogP contribution in [-0.4, -0.2) is 24.5 Å². The van der Waals surface area contributed by atoms with E-state index in [0.29, 0.717) is 6.04 Å². The van der Waals surface area contributed by atoms with Crippen molar-refractivity contribution in [3.63, 3.8) is 0 Å². The van der Waals surface area contributed by atoms with E-state index in [9.17, 15) is 0 Å². The van der Waals surface area contributed by atoms with Crippen molar-refractivity contribution in [3.05, 3.63) is 0 Å². The third kappa shape index (κ3) is 3.14. The van der Waals surface area contributed by atoms with Gasteiger partial charge in [0.05, 0.1) is 0 Å². The molecule has 0 aromatic rings. The van der Waals surface area contributed by atoms with Crippen LogP contribution in [0.3, 0.4) is 0 Å². The van der Waals surface area contributed by atoms with E-state index < -0.39 is 0 Å². The van der Waals surface area contributed by atoms with Crippen molar-refractivity contribution < 1.29 is 0 Å². The molecule has 0 radical (unpaired) electrons. The molecule has 72 valence electrons. The molecule has 0 saturated heterocycles. The highest BCUT2D eigenvalue weighted by Gasteiger charge is 2.15. The average Bonchev–Trinajstić information content (AvgIpc) is 2.06. The maximum absolute atomic E-state index is 2.48. The molecule has 0 amide bonds. The molecule has 12 heavy (non-hydrogen) atoms. The molecule has 1 saturated carbocycles. The fourth-order valence-electron chi connectivity index (χ4n) is 1.99. The summed E-state index contributed by atoms with van der Waals surface area (Å²) in [4.78, 5) is 2.48. The van der Waals surface area contributed by atoms with Crippen LogP contribution in [0.2, 0.25) is 0 Å². The molecule has 1 nitrogen and oxygen atoms in total. The molecule has 0 aromatic carbocycles. The van der Waals surface area contributed by atoms with Crippen LogP contribution in [0, 0.1) is 5.92 Å². The Balaban J connectivity index is 2.20. The van der Waals surface area contributed by atoms with Crippen molar-refractivity contribution >= 4 is 0 Å². The lowest BCUT2D eigenvalue weighted by atomic mass is 9.89. The van der Waals surface area contributed by atoms with Crippen molar-refractivity contribution in [2.75, 3.05) is 13.6 Å². The van der Waals surface area contributed by atoms with Crippen molar-refractivity contribution in [1.82, 2.24) is 4.90 Å². The Morgan fingerprint density at radius 2 is 1.75 bits per heavy atom. The van der Waals surface area contributed by atoms with E-state index in [4.69, 9.17) is 0 Å². The minimum absolute atomic E-state index is 0.715. The molecule has 1 aliphatic rings. The zero-order chi connectivity index (χ0) is 8.97. The van der Waals surface area contributed by atoms with Gasteiger partial charge in [0.1, 0.15) is 0 Å². The monoisotopic (exact) mass is 169 g/mol. The Kier molecular flexibility index (Phi) is 4.07. The molecule has 0 spiro atoms. The van der Waals surface area contributed by atoms with Crippen molar-refractivity contribution in [2.45, 2.75) is 52.0 Å². The van der Waals surface area contributed by atoms with E-state index in [1.165, 1.54) is 38.6 Å². The Bertz CT molecular complexity index is 114. The summed E-state index contributed by atoms with van der Waals surface area (Å²) >= 11 is 0. The van der Waals surface area contributed by atoms with Crippen LogP contribution in [0.5, 0.6) is 0 Å². The van der Waals surface area contributed by atoms with E-state index in [1.54, 1.807) is 0 Å². The highest BCUT2D eigenvalue weighted by molar-refractivity contribution is 4.70. The van der Waals surface area contributed by atoms with Crippen molar-refractivity contribution in [2.24, 2.45) is 5.92 Å². The zero-order valence-corrected chi connectivity index (χ0v) is 8.84. The van der Waals surface area contributed by atoms with Crippen LogP contribution >= 0.6 is 0 Å². The third-order valence-corrected chi connectivity index (χ3v) is 3.15. The normalized spacial score (nSPS) is 20.8. The Hall–Kier alpha value is -0.0400. The van der Waals surface area contributed by atoms with E-state index in [0.717, 1.165) is 5.92 Å². The molecular weight excluding hydrogens is 146 g/mol. The highest BCUT2D eigenvalue weighted by Crippen LogP contribution is 2.24. The minimum Gasteiger partial charge on any atom is -0.304 e. The van der Waals surface area contributed by atoms with E-state index in [1.807, 2.05) is 0 Å². The first-order chi connectivity index (χ1) is 5.70. The lowest BCUT2D eigenvalue weighted by Crippen LogP contribution is -2.32. The van der Waals surface area contributed by atoms with Crippen LogP contribution in [0.1, 0.15) is 46.0 Å². The fraction of sp³-hybridized carbons (Fsp3) is 1.00. The Morgan fingerprint density at radius 1 is 1.17 bits per heavy atom. The third-order valence-electron chi connectivity index (χ3n) is 3.15. The number of rotatable bonds is 3. The van der Waals surface area contributed by atoms with Gasteiger partial charge < -0.3 is 4.90 Å². The molecule has 0 heterocycles. The first-order valence-electron chi connectivity index (χ1n) is 5.40. The number of hydrogen-bond acceptors (Lipinski definition) is 1. The van der Waals surface area contributed by atoms with Crippen molar-refractivity contribution in [3.8, 4) is 0 Å². The summed E-state index contributed by atoms with van der Waals surface area (Å²) in [7, 11) is 2.25. The second kappa shape index (κ2) is 4.86. The molecule has 0 N–H and O–H groups in total. The standard InChI is InChI=1S/C11H23N/c1-10(2)12(3)9-11-7-5-4-6-8-11/h10-11H,4-9H2,1-3H3. The molecule has 0 unspecified atom stereocenters. The van der Waals surface area contributed by atoms with Crippen LogP contribution in [0.4, 0.5) is 0 Å². The van der Waals surface area contributed by atoms with Gasteiger partial charge in [0.2, 0.25) is 0 Å². The van der Waals surface area contributed by atoms with Crippen LogP contribution in [0.15, 0.2) is 0 Å². The molecule has 0 aromatic heterocycles. The molecular formula is C11H23N. The quantitative estimate of drug-likeness (QED) is 0.628. The van der Waals surface area contributed by atoms with Crippen molar-refractivity contribution in [1.29, 1.82) is 0 Å². The summed E-state index contributed by atoms with van der Waals surface area (Å²) in [6.07, 6.45) is 7.35. The van der Waals surface area contributed by atoms with Gasteiger partial charge in [0.15, 0.2) is 0 Å². The predicted molar refractivity (Wildman–Crippen MR) is 54.3 cm³/mol. The maximum Gasteiger partial charge on any atom is 0.00356 e. The molecule has 1 aliphatic carbocycles. The fourth-order valence-corrected chi connectivity index (χ4v) is 1.99. The topological polar surface area (TPSA) is 3.24 Å². The summed E-state index contributed by atoms with van der Waals surface area (Å²) in [5, 5.41) is 0. The van der Waals surface area contributed by atoms with Crippen LogP contribution in [-0.2, 0) is 0 Å². The highest BCUT2D eigenvalue weighted by atomic mass is 15.1. The average molecular weight is 169 g/mol. The lowest BCUT2D eigenvalue weighted by molar-refractivity contribution is 0.200. The summed E-state index contributed by atoms with van der Waals surface area (Å²) in [5.41, 5.74) is 0. The maximum atomic E-state index is 2.48. The summed E-state index contributed by atoms with van der Waals surface area (Å²) < 4.78 is 0. The lowest BCUT2D eigenvalue weighted by Gasteiger charge is -2.29. The zero-order valence-electron chi connectivity index (χ0n) is 8.84. The first-order valence-corrected chi connectivity index (χ1v) is 5.40. The van der Waals surface area contributed by atoms with Gasteiger partial charge in [0.25, 0.3) is 0 Å². The minimum atomic E-state index is 0.715. The smallest absolute Gasteiger partial charge is 0.00356 e. The largest absolute Gasteiger partial charge is 0.304 e. The Morgan fingerprint density at radius 3 is 2.25 bits per heavy atom. The first kappa shape index (κ1) is 10.0. The summed E-state index contributed by atoms with van der Waals surface area (Å²) in [6.45, 7) is 5.88.